The topological polar surface area (TPSA) is 0 Å². The van der Waals surface area contributed by atoms with Crippen LogP contribution in [0.15, 0.2) is 97.1 Å². The van der Waals surface area contributed by atoms with Gasteiger partial charge in [0, 0.05) is 0 Å². The molecule has 0 heteroatoms. The zero-order chi connectivity index (χ0) is 20.8. The Hall–Kier alpha value is -2.86. The molecule has 146 valence electrons. The summed E-state index contributed by atoms with van der Waals surface area (Å²) in [4.78, 5) is 0. The van der Waals surface area contributed by atoms with Gasteiger partial charge in [-0.05, 0) is 41.3 Å². The van der Waals surface area contributed by atoms with Crippen LogP contribution < -0.4 is 0 Å². The van der Waals surface area contributed by atoms with Crippen LogP contribution in [-0.4, -0.2) is 0 Å². The van der Waals surface area contributed by atoms with Gasteiger partial charge in [0.15, 0.2) is 0 Å². The number of rotatable bonds is 1. The van der Waals surface area contributed by atoms with Gasteiger partial charge < -0.3 is 0 Å². The lowest BCUT2D eigenvalue weighted by molar-refractivity contribution is 1.47. The van der Waals surface area contributed by atoms with Crippen molar-refractivity contribution >= 4 is 10.8 Å². The standard InChI is InChI=1S/C13H12.C11H10.2C2H6/c1-11-7-9-13(10-8-11)12-5-3-2-4-6-12;1-9-5-4-7-10-6-2-3-8-11(9)10;2*1-2/h2-10H,1H3;2-8H,1H3;2*1-2H3. The monoisotopic (exact) mass is 370 g/mol. The van der Waals surface area contributed by atoms with Crippen LogP contribution in [0.25, 0.3) is 21.9 Å². The van der Waals surface area contributed by atoms with Crippen molar-refractivity contribution in [1.29, 1.82) is 0 Å². The van der Waals surface area contributed by atoms with E-state index in [0.29, 0.717) is 0 Å². The number of aryl methyl sites for hydroxylation is 2. The van der Waals surface area contributed by atoms with Crippen LogP contribution in [-0.2, 0) is 0 Å². The van der Waals surface area contributed by atoms with Gasteiger partial charge in [0.2, 0.25) is 0 Å². The van der Waals surface area contributed by atoms with E-state index in [1.807, 2.05) is 33.8 Å². The molecule has 4 aromatic rings. The Morgan fingerprint density at radius 2 is 0.929 bits per heavy atom. The molecule has 0 aliphatic rings. The van der Waals surface area contributed by atoms with Crippen LogP contribution in [0.2, 0.25) is 0 Å². The first-order chi connectivity index (χ1) is 13.7. The number of benzene rings is 4. The molecular formula is C28H34. The van der Waals surface area contributed by atoms with Gasteiger partial charge in [0.25, 0.3) is 0 Å². The fourth-order valence-electron chi connectivity index (χ4n) is 2.76. The highest BCUT2D eigenvalue weighted by molar-refractivity contribution is 5.85. The molecule has 0 radical (unpaired) electrons. The second-order valence-corrected chi connectivity index (χ2v) is 6.03. The Morgan fingerprint density at radius 3 is 1.54 bits per heavy atom. The smallest absolute Gasteiger partial charge is 0.0155 e. The van der Waals surface area contributed by atoms with Crippen LogP contribution in [0.1, 0.15) is 38.8 Å². The number of fused-ring (bicyclic) bond motifs is 1. The molecule has 0 unspecified atom stereocenters. The summed E-state index contributed by atoms with van der Waals surface area (Å²) < 4.78 is 0. The summed E-state index contributed by atoms with van der Waals surface area (Å²) in [6, 6.07) is 33.9. The van der Waals surface area contributed by atoms with E-state index >= 15 is 0 Å². The van der Waals surface area contributed by atoms with Gasteiger partial charge in [0.1, 0.15) is 0 Å². The molecule has 0 saturated carbocycles. The third kappa shape index (κ3) is 7.04. The van der Waals surface area contributed by atoms with Gasteiger partial charge in [-0.15, -0.1) is 0 Å². The highest BCUT2D eigenvalue weighted by Gasteiger charge is 1.94. The predicted octanol–water partition coefficient (Wildman–Crippen LogP) is 8.86. The van der Waals surface area contributed by atoms with Crippen LogP contribution in [0.3, 0.4) is 0 Å². The van der Waals surface area contributed by atoms with Gasteiger partial charge in [0.05, 0.1) is 0 Å². The molecule has 0 N–H and O–H groups in total. The molecular weight excluding hydrogens is 336 g/mol. The molecule has 0 spiro atoms. The molecule has 28 heavy (non-hydrogen) atoms. The fourth-order valence-corrected chi connectivity index (χ4v) is 2.76. The summed E-state index contributed by atoms with van der Waals surface area (Å²) in [5.74, 6) is 0. The fraction of sp³-hybridized carbons (Fsp3) is 0.214. The van der Waals surface area contributed by atoms with Crippen molar-refractivity contribution in [3.8, 4) is 11.1 Å². The van der Waals surface area contributed by atoms with E-state index in [2.05, 4.69) is 105 Å². The van der Waals surface area contributed by atoms with Crippen molar-refractivity contribution in [2.45, 2.75) is 41.5 Å². The lowest BCUT2D eigenvalue weighted by atomic mass is 10.0. The normalized spacial score (nSPS) is 9.07. The van der Waals surface area contributed by atoms with Crippen molar-refractivity contribution in [2.75, 3.05) is 0 Å². The quantitative estimate of drug-likeness (QED) is 0.314. The van der Waals surface area contributed by atoms with Gasteiger partial charge >= 0.3 is 0 Å². The Balaban J connectivity index is 0.000000240. The van der Waals surface area contributed by atoms with Crippen molar-refractivity contribution < 1.29 is 0 Å². The van der Waals surface area contributed by atoms with E-state index in [9.17, 15) is 0 Å². The minimum absolute atomic E-state index is 1.28. The van der Waals surface area contributed by atoms with E-state index in [0.717, 1.165) is 0 Å². The highest BCUT2D eigenvalue weighted by atomic mass is 14.0. The number of hydrogen-bond acceptors (Lipinski definition) is 0. The maximum Gasteiger partial charge on any atom is -0.0155 e. The molecule has 0 aromatic heterocycles. The maximum atomic E-state index is 2.16. The van der Waals surface area contributed by atoms with Crippen LogP contribution >= 0.6 is 0 Å². The first-order valence-electron chi connectivity index (χ1n) is 10.3. The largest absolute Gasteiger partial charge is 0.0683 e. The van der Waals surface area contributed by atoms with Crippen molar-refractivity contribution in [3.05, 3.63) is 108 Å². The number of hydrogen-bond donors (Lipinski definition) is 0. The highest BCUT2D eigenvalue weighted by Crippen LogP contribution is 2.18. The van der Waals surface area contributed by atoms with Crippen LogP contribution in [0.4, 0.5) is 0 Å². The second-order valence-electron chi connectivity index (χ2n) is 6.03. The van der Waals surface area contributed by atoms with Crippen molar-refractivity contribution in [1.82, 2.24) is 0 Å². The Bertz CT molecular complexity index is 898. The van der Waals surface area contributed by atoms with E-state index in [1.54, 1.807) is 0 Å². The SMILES string of the molecule is CC.CC.Cc1ccc(-c2ccccc2)cc1.Cc1cccc2ccccc12. The molecule has 0 bridgehead atoms. The van der Waals surface area contributed by atoms with Crippen molar-refractivity contribution in [3.63, 3.8) is 0 Å². The minimum atomic E-state index is 1.28. The van der Waals surface area contributed by atoms with Crippen LogP contribution in [0, 0.1) is 13.8 Å². The average Bonchev–Trinajstić information content (AvgIpc) is 2.79. The molecule has 4 aromatic carbocycles. The zero-order valence-electron chi connectivity index (χ0n) is 18.2. The average molecular weight is 371 g/mol. The first kappa shape index (κ1) is 23.2. The predicted molar refractivity (Wildman–Crippen MR) is 128 cm³/mol. The molecule has 0 atom stereocenters. The summed E-state index contributed by atoms with van der Waals surface area (Å²) in [6.45, 7) is 12.2. The van der Waals surface area contributed by atoms with E-state index in [4.69, 9.17) is 0 Å². The Morgan fingerprint density at radius 1 is 0.429 bits per heavy atom. The van der Waals surface area contributed by atoms with E-state index in [-0.39, 0.29) is 0 Å². The third-order valence-corrected chi connectivity index (χ3v) is 4.17. The first-order valence-corrected chi connectivity index (χ1v) is 10.3. The maximum absolute atomic E-state index is 2.16. The third-order valence-electron chi connectivity index (χ3n) is 4.17. The molecule has 0 nitrogen and oxygen atoms in total. The molecule has 0 fully saturated rings. The minimum Gasteiger partial charge on any atom is -0.0683 e. The Labute approximate surface area is 171 Å². The summed E-state index contributed by atoms with van der Waals surface area (Å²) in [7, 11) is 0. The molecule has 0 aliphatic carbocycles. The lowest BCUT2D eigenvalue weighted by Gasteiger charge is -2.00. The van der Waals surface area contributed by atoms with E-state index in [1.165, 1.54) is 33.0 Å². The summed E-state index contributed by atoms with van der Waals surface area (Å²) >= 11 is 0. The second kappa shape index (κ2) is 13.3. The Kier molecular flexibility index (Phi) is 11.0. The van der Waals surface area contributed by atoms with Crippen LogP contribution in [0.5, 0.6) is 0 Å². The summed E-state index contributed by atoms with van der Waals surface area (Å²) in [5, 5.41) is 2.68. The summed E-state index contributed by atoms with van der Waals surface area (Å²) in [6.07, 6.45) is 0. The van der Waals surface area contributed by atoms with Crippen molar-refractivity contribution in [2.24, 2.45) is 0 Å². The molecule has 0 amide bonds. The molecule has 0 heterocycles. The molecule has 0 saturated heterocycles. The molecule has 4 rings (SSSR count). The van der Waals surface area contributed by atoms with E-state index < -0.39 is 0 Å². The summed E-state index contributed by atoms with van der Waals surface area (Å²) in [5.41, 5.74) is 5.22. The van der Waals surface area contributed by atoms with Gasteiger partial charge in [-0.1, -0.05) is 130 Å². The van der Waals surface area contributed by atoms with Gasteiger partial charge in [-0.25, -0.2) is 0 Å². The van der Waals surface area contributed by atoms with Gasteiger partial charge in [-0.3, -0.25) is 0 Å². The van der Waals surface area contributed by atoms with Gasteiger partial charge in [-0.2, -0.15) is 0 Å². The zero-order valence-corrected chi connectivity index (χ0v) is 18.2. The molecule has 0 aliphatic heterocycles. The lowest BCUT2D eigenvalue weighted by Crippen LogP contribution is -1.76.